The van der Waals surface area contributed by atoms with E-state index in [9.17, 15) is 4.79 Å². The Morgan fingerprint density at radius 3 is 2.45 bits per heavy atom. The van der Waals surface area contributed by atoms with Gasteiger partial charge in [-0.25, -0.2) is 0 Å². The molecule has 0 saturated carbocycles. The molecule has 3 aromatic rings. The average Bonchev–Trinajstić information content (AvgIpc) is 3.10. The topological polar surface area (TPSA) is 47.6 Å². The number of anilines is 1. The third kappa shape index (κ3) is 2.77. The van der Waals surface area contributed by atoms with Crippen molar-refractivity contribution < 1.29 is 14.3 Å². The molecule has 0 aliphatic rings. The molecule has 0 saturated heterocycles. The Morgan fingerprint density at radius 2 is 1.86 bits per heavy atom. The van der Waals surface area contributed by atoms with Crippen LogP contribution in [0.2, 0.25) is 5.02 Å². The number of methoxy groups -OCH3 is 2. The fourth-order valence-corrected chi connectivity index (χ4v) is 4.52. The highest BCUT2D eigenvalue weighted by Gasteiger charge is 2.18. The van der Waals surface area contributed by atoms with Gasteiger partial charge >= 0.3 is 0 Å². The third-order valence-corrected chi connectivity index (χ3v) is 5.82. The zero-order valence-corrected chi connectivity index (χ0v) is 14.2. The van der Waals surface area contributed by atoms with Gasteiger partial charge in [0.1, 0.15) is 16.4 Å². The van der Waals surface area contributed by atoms with Gasteiger partial charge in [0.25, 0.3) is 5.91 Å². The molecule has 0 fully saturated rings. The van der Waals surface area contributed by atoms with Crippen molar-refractivity contribution in [1.82, 2.24) is 0 Å². The summed E-state index contributed by atoms with van der Waals surface area (Å²) in [6.07, 6.45) is 0. The molecule has 3 rings (SSSR count). The number of fused-ring (bicyclic) bond motifs is 1. The maximum absolute atomic E-state index is 12.4. The molecule has 1 amide bonds. The summed E-state index contributed by atoms with van der Waals surface area (Å²) in [6.45, 7) is 0. The molecule has 0 atom stereocenters. The highest BCUT2D eigenvalue weighted by molar-refractivity contribution is 7.38. The van der Waals surface area contributed by atoms with Gasteiger partial charge in [-0.3, -0.25) is 4.79 Å². The molecule has 0 bridgehead atoms. The number of halogens is 1. The van der Waals surface area contributed by atoms with Crippen LogP contribution in [0.3, 0.4) is 0 Å². The van der Waals surface area contributed by atoms with Gasteiger partial charge in [0.15, 0.2) is 0 Å². The Bertz CT molecular complexity index is 818. The van der Waals surface area contributed by atoms with Crippen LogP contribution in [0.15, 0.2) is 29.6 Å². The van der Waals surface area contributed by atoms with E-state index in [1.165, 1.54) is 11.3 Å². The quantitative estimate of drug-likeness (QED) is 0.726. The molecular formula is C15H12ClNO3S2. The average molecular weight is 354 g/mol. The van der Waals surface area contributed by atoms with Crippen LogP contribution in [0.1, 0.15) is 9.67 Å². The molecule has 2 heterocycles. The molecule has 4 nitrogen and oxygen atoms in total. The summed E-state index contributed by atoms with van der Waals surface area (Å²) in [5.41, 5.74) is 0.592. The van der Waals surface area contributed by atoms with Crippen LogP contribution in [0.5, 0.6) is 11.5 Å². The number of carbonyl (C=O) groups is 1. The summed E-state index contributed by atoms with van der Waals surface area (Å²) in [5, 5.41) is 6.21. The maximum Gasteiger partial charge on any atom is 0.267 e. The Morgan fingerprint density at radius 1 is 1.18 bits per heavy atom. The standard InChI is InChI=1S/C15H12ClNO3S2/c1-19-9-5-8(6-10(7-9)20-2)17-14(18)13-12(16)11-3-4-21-15(11)22-13/h3-7H,1-2H3,(H,17,18). The van der Waals surface area contributed by atoms with E-state index in [0.717, 1.165) is 9.40 Å². The molecule has 0 spiro atoms. The predicted octanol–water partition coefficient (Wildman–Crippen LogP) is 4.89. The summed E-state index contributed by atoms with van der Waals surface area (Å²) in [6, 6.07) is 7.11. The van der Waals surface area contributed by atoms with Crippen LogP contribution < -0.4 is 14.8 Å². The molecule has 7 heteroatoms. The van der Waals surface area contributed by atoms with Crippen molar-refractivity contribution in [2.24, 2.45) is 0 Å². The Labute approximate surface area is 140 Å². The van der Waals surface area contributed by atoms with Gasteiger partial charge in [0, 0.05) is 29.3 Å². The summed E-state index contributed by atoms with van der Waals surface area (Å²) in [7, 11) is 3.12. The zero-order valence-electron chi connectivity index (χ0n) is 11.8. The number of nitrogens with one attached hydrogen (secondary N) is 1. The van der Waals surface area contributed by atoms with E-state index < -0.39 is 0 Å². The van der Waals surface area contributed by atoms with Gasteiger partial charge in [0.05, 0.1) is 23.3 Å². The van der Waals surface area contributed by atoms with E-state index in [4.69, 9.17) is 21.1 Å². The van der Waals surface area contributed by atoms with E-state index in [1.54, 1.807) is 43.8 Å². The van der Waals surface area contributed by atoms with Crippen LogP contribution in [0, 0.1) is 0 Å². The van der Waals surface area contributed by atoms with E-state index in [-0.39, 0.29) is 5.91 Å². The van der Waals surface area contributed by atoms with Crippen LogP contribution >= 0.6 is 34.3 Å². The Kier molecular flexibility index (Phi) is 4.24. The number of amides is 1. The lowest BCUT2D eigenvalue weighted by Gasteiger charge is -2.09. The van der Waals surface area contributed by atoms with Crippen LogP contribution in [0.25, 0.3) is 9.40 Å². The number of benzene rings is 1. The molecule has 1 aromatic carbocycles. The van der Waals surface area contributed by atoms with E-state index in [1.807, 2.05) is 11.4 Å². The normalized spacial score (nSPS) is 10.7. The second-order valence-corrected chi connectivity index (χ2v) is 7.00. The number of carbonyl (C=O) groups excluding carboxylic acids is 1. The van der Waals surface area contributed by atoms with Crippen LogP contribution in [-0.2, 0) is 0 Å². The molecular weight excluding hydrogens is 342 g/mol. The van der Waals surface area contributed by atoms with E-state index in [0.29, 0.717) is 27.1 Å². The minimum Gasteiger partial charge on any atom is -0.497 e. The monoisotopic (exact) mass is 353 g/mol. The van der Waals surface area contributed by atoms with Crippen molar-refractivity contribution in [3.05, 3.63) is 39.5 Å². The smallest absolute Gasteiger partial charge is 0.267 e. The Balaban J connectivity index is 1.90. The molecule has 0 aliphatic heterocycles. The first kappa shape index (κ1) is 15.1. The maximum atomic E-state index is 12.4. The molecule has 22 heavy (non-hydrogen) atoms. The first-order valence-corrected chi connectivity index (χ1v) is 8.39. The van der Waals surface area contributed by atoms with Crippen LogP contribution in [-0.4, -0.2) is 20.1 Å². The van der Waals surface area contributed by atoms with Crippen molar-refractivity contribution in [2.75, 3.05) is 19.5 Å². The van der Waals surface area contributed by atoms with E-state index in [2.05, 4.69) is 5.32 Å². The first-order chi connectivity index (χ1) is 10.6. The van der Waals surface area contributed by atoms with Gasteiger partial charge in [-0.15, -0.1) is 22.7 Å². The fraction of sp³-hybridized carbons (Fsp3) is 0.133. The van der Waals surface area contributed by atoms with Crippen LogP contribution in [0.4, 0.5) is 5.69 Å². The van der Waals surface area contributed by atoms with Gasteiger partial charge in [-0.05, 0) is 11.4 Å². The van der Waals surface area contributed by atoms with Crippen molar-refractivity contribution >= 4 is 55.3 Å². The Hall–Kier alpha value is -1.76. The van der Waals surface area contributed by atoms with Gasteiger partial charge in [-0.2, -0.15) is 0 Å². The van der Waals surface area contributed by atoms with Crippen molar-refractivity contribution in [2.45, 2.75) is 0 Å². The number of hydrogen-bond donors (Lipinski definition) is 1. The van der Waals surface area contributed by atoms with Gasteiger partial charge < -0.3 is 14.8 Å². The second-order valence-electron chi connectivity index (χ2n) is 4.42. The minimum absolute atomic E-state index is 0.242. The lowest BCUT2D eigenvalue weighted by molar-refractivity contribution is 0.103. The molecule has 2 aromatic heterocycles. The molecule has 1 N–H and O–H groups in total. The highest BCUT2D eigenvalue weighted by Crippen LogP contribution is 2.39. The second kappa shape index (κ2) is 6.16. The van der Waals surface area contributed by atoms with Crippen molar-refractivity contribution in [1.29, 1.82) is 0 Å². The largest absolute Gasteiger partial charge is 0.497 e. The third-order valence-electron chi connectivity index (χ3n) is 3.08. The van der Waals surface area contributed by atoms with Gasteiger partial charge in [0.2, 0.25) is 0 Å². The number of ether oxygens (including phenoxy) is 2. The summed E-state index contributed by atoms with van der Waals surface area (Å²) in [4.78, 5) is 12.9. The van der Waals surface area contributed by atoms with E-state index >= 15 is 0 Å². The van der Waals surface area contributed by atoms with Crippen molar-refractivity contribution in [3.63, 3.8) is 0 Å². The number of rotatable bonds is 4. The van der Waals surface area contributed by atoms with Gasteiger partial charge in [-0.1, -0.05) is 11.6 Å². The van der Waals surface area contributed by atoms with Crippen molar-refractivity contribution in [3.8, 4) is 11.5 Å². The summed E-state index contributed by atoms with van der Waals surface area (Å²) >= 11 is 9.25. The minimum atomic E-state index is -0.242. The fourth-order valence-electron chi connectivity index (χ4n) is 2.01. The summed E-state index contributed by atoms with van der Waals surface area (Å²) in [5.74, 6) is 0.967. The predicted molar refractivity (Wildman–Crippen MR) is 92.2 cm³/mol. The molecule has 0 aliphatic carbocycles. The molecule has 0 radical (unpaired) electrons. The highest BCUT2D eigenvalue weighted by atomic mass is 35.5. The SMILES string of the molecule is COc1cc(NC(=O)c2sc3sccc3c2Cl)cc(OC)c1. The number of thiophene rings is 2. The lowest BCUT2D eigenvalue weighted by atomic mass is 10.2. The lowest BCUT2D eigenvalue weighted by Crippen LogP contribution is -2.10. The molecule has 114 valence electrons. The first-order valence-electron chi connectivity index (χ1n) is 6.32. The summed E-state index contributed by atoms with van der Waals surface area (Å²) < 4.78 is 11.4. The molecule has 0 unspecified atom stereocenters. The zero-order chi connectivity index (χ0) is 15.7. The number of hydrogen-bond acceptors (Lipinski definition) is 5.